The van der Waals surface area contributed by atoms with Gasteiger partial charge < -0.3 is 14.6 Å². The highest BCUT2D eigenvalue weighted by molar-refractivity contribution is 9.10. The summed E-state index contributed by atoms with van der Waals surface area (Å²) in [7, 11) is 0. The molecule has 10 heteroatoms. The molecule has 1 heterocycles. The van der Waals surface area contributed by atoms with Crippen LogP contribution in [-0.4, -0.2) is 41.2 Å². The number of amides is 2. The van der Waals surface area contributed by atoms with E-state index in [1.54, 1.807) is 19.1 Å². The molecule has 2 amide bonds. The largest absolute Gasteiger partial charge is 0.490 e. The Labute approximate surface area is 203 Å². The monoisotopic (exact) mass is 528 g/mol. The number of hydrogen-bond acceptors (Lipinski definition) is 6. The van der Waals surface area contributed by atoms with Gasteiger partial charge >= 0.3 is 5.97 Å². The predicted molar refractivity (Wildman–Crippen MR) is 129 cm³/mol. The van der Waals surface area contributed by atoms with E-state index >= 15 is 0 Å². The van der Waals surface area contributed by atoms with Crippen molar-refractivity contribution in [2.24, 2.45) is 0 Å². The van der Waals surface area contributed by atoms with Crippen LogP contribution in [0, 0.1) is 12.3 Å². The Morgan fingerprint density at radius 1 is 1.30 bits per heavy atom. The topological polar surface area (TPSA) is 105 Å². The molecule has 1 saturated heterocycles. The second-order valence-corrected chi connectivity index (χ2v) is 7.81. The van der Waals surface area contributed by atoms with Crippen molar-refractivity contribution in [2.75, 3.05) is 18.1 Å². The smallest absolute Gasteiger partial charge is 0.335 e. The summed E-state index contributed by atoms with van der Waals surface area (Å²) in [4.78, 5) is 38.2. The van der Waals surface area contributed by atoms with Crippen LogP contribution in [0.5, 0.6) is 11.5 Å². The van der Waals surface area contributed by atoms with Crippen molar-refractivity contribution in [3.8, 4) is 23.8 Å². The van der Waals surface area contributed by atoms with Gasteiger partial charge in [0.25, 0.3) is 11.8 Å². The third kappa shape index (κ3) is 5.22. The Morgan fingerprint density at radius 3 is 2.73 bits per heavy atom. The molecule has 2 N–H and O–H groups in total. The molecule has 0 aliphatic carbocycles. The molecular weight excluding hydrogens is 512 g/mol. The molecule has 2 aromatic rings. The molecule has 0 bridgehead atoms. The maximum absolute atomic E-state index is 13.2. The molecule has 0 radical (unpaired) electrons. The van der Waals surface area contributed by atoms with E-state index in [0.717, 1.165) is 4.90 Å². The van der Waals surface area contributed by atoms with Crippen molar-refractivity contribution in [3.63, 3.8) is 0 Å². The van der Waals surface area contributed by atoms with Crippen LogP contribution in [0.3, 0.4) is 0 Å². The summed E-state index contributed by atoms with van der Waals surface area (Å²) < 4.78 is 11.7. The third-order valence-electron chi connectivity index (χ3n) is 4.40. The second-order valence-electron chi connectivity index (χ2n) is 6.57. The number of anilines is 1. The molecule has 8 nitrogen and oxygen atoms in total. The second kappa shape index (κ2) is 10.3. The van der Waals surface area contributed by atoms with Gasteiger partial charge in [0.1, 0.15) is 12.2 Å². The summed E-state index contributed by atoms with van der Waals surface area (Å²) in [6, 6.07) is 8.93. The normalized spacial score (nSPS) is 14.6. The van der Waals surface area contributed by atoms with E-state index in [2.05, 4.69) is 27.2 Å². The Kier molecular flexibility index (Phi) is 7.48. The lowest BCUT2D eigenvalue weighted by molar-refractivity contribution is -0.122. The van der Waals surface area contributed by atoms with Crippen molar-refractivity contribution >= 4 is 62.8 Å². The standard InChI is InChI=1S/C23H17BrN2O6S/c1-3-8-32-19-17(24)10-13(11-18(19)31-4-2)9-16-20(27)25-23(33)26(21(16)28)15-7-5-6-14(12-15)22(29)30/h1,5-7,9-12H,4,8H2,2H3,(H,29,30)(H,25,27,33). The van der Waals surface area contributed by atoms with E-state index in [0.29, 0.717) is 28.1 Å². The zero-order valence-electron chi connectivity index (χ0n) is 17.3. The number of carbonyl (C=O) groups is 3. The van der Waals surface area contributed by atoms with Crippen LogP contribution in [0.15, 0.2) is 46.4 Å². The number of ether oxygens (including phenoxy) is 2. The predicted octanol–water partition coefficient (Wildman–Crippen LogP) is 3.39. The van der Waals surface area contributed by atoms with Crippen LogP contribution in [0.4, 0.5) is 5.69 Å². The fourth-order valence-electron chi connectivity index (χ4n) is 3.02. The summed E-state index contributed by atoms with van der Waals surface area (Å²) in [5.74, 6) is 0.601. The van der Waals surface area contributed by atoms with Gasteiger partial charge in [-0.25, -0.2) is 4.79 Å². The van der Waals surface area contributed by atoms with Crippen LogP contribution in [0.2, 0.25) is 0 Å². The quantitative estimate of drug-likeness (QED) is 0.245. The summed E-state index contributed by atoms with van der Waals surface area (Å²) in [6.07, 6.45) is 6.64. The summed E-state index contributed by atoms with van der Waals surface area (Å²) >= 11 is 8.56. The molecule has 168 valence electrons. The number of rotatable bonds is 7. The fourth-order valence-corrected chi connectivity index (χ4v) is 3.88. The number of terminal acetylenes is 1. The first-order valence-corrected chi connectivity index (χ1v) is 10.7. The minimum atomic E-state index is -1.16. The number of nitrogens with one attached hydrogen (secondary N) is 1. The molecule has 0 spiro atoms. The van der Waals surface area contributed by atoms with E-state index in [1.807, 2.05) is 0 Å². The van der Waals surface area contributed by atoms with Crippen LogP contribution in [0.1, 0.15) is 22.8 Å². The van der Waals surface area contributed by atoms with Crippen molar-refractivity contribution in [1.29, 1.82) is 0 Å². The summed E-state index contributed by atoms with van der Waals surface area (Å²) in [5.41, 5.74) is 0.461. The first-order valence-electron chi connectivity index (χ1n) is 9.54. The number of benzene rings is 2. The Bertz CT molecular complexity index is 1230. The Balaban J connectivity index is 2.04. The summed E-state index contributed by atoms with van der Waals surface area (Å²) in [5, 5.41) is 11.6. The van der Waals surface area contributed by atoms with Crippen molar-refractivity contribution in [1.82, 2.24) is 5.32 Å². The highest BCUT2D eigenvalue weighted by Crippen LogP contribution is 2.37. The minimum absolute atomic E-state index is 0.0293. The van der Waals surface area contributed by atoms with Gasteiger partial charge in [0.15, 0.2) is 16.6 Å². The van der Waals surface area contributed by atoms with Gasteiger partial charge in [0.05, 0.1) is 22.3 Å². The maximum Gasteiger partial charge on any atom is 0.335 e. The molecule has 1 aliphatic rings. The van der Waals surface area contributed by atoms with E-state index in [1.165, 1.54) is 30.3 Å². The molecule has 3 rings (SSSR count). The van der Waals surface area contributed by atoms with Crippen molar-refractivity contribution in [3.05, 3.63) is 57.6 Å². The van der Waals surface area contributed by atoms with Crippen LogP contribution in [0.25, 0.3) is 6.08 Å². The molecule has 1 aliphatic heterocycles. The van der Waals surface area contributed by atoms with Crippen LogP contribution < -0.4 is 19.7 Å². The molecule has 0 aromatic heterocycles. The van der Waals surface area contributed by atoms with E-state index in [9.17, 15) is 19.5 Å². The molecule has 1 fully saturated rings. The van der Waals surface area contributed by atoms with E-state index in [4.69, 9.17) is 28.1 Å². The van der Waals surface area contributed by atoms with Gasteiger partial charge in [-0.15, -0.1) is 6.42 Å². The average Bonchev–Trinajstić information content (AvgIpc) is 2.76. The third-order valence-corrected chi connectivity index (χ3v) is 5.27. The van der Waals surface area contributed by atoms with Gasteiger partial charge in [-0.2, -0.15) is 0 Å². The SMILES string of the molecule is C#CCOc1c(Br)cc(C=C2C(=O)NC(=S)N(c3cccc(C(=O)O)c3)C2=O)cc1OCC. The highest BCUT2D eigenvalue weighted by atomic mass is 79.9. The van der Waals surface area contributed by atoms with Gasteiger partial charge in [0, 0.05) is 0 Å². The van der Waals surface area contributed by atoms with Crippen LogP contribution in [-0.2, 0) is 9.59 Å². The fraction of sp³-hybridized carbons (Fsp3) is 0.130. The maximum atomic E-state index is 13.2. The Hall–Kier alpha value is -3.68. The molecule has 33 heavy (non-hydrogen) atoms. The minimum Gasteiger partial charge on any atom is -0.490 e. The lowest BCUT2D eigenvalue weighted by Crippen LogP contribution is -2.54. The lowest BCUT2D eigenvalue weighted by atomic mass is 10.1. The molecule has 2 aromatic carbocycles. The molecule has 0 atom stereocenters. The highest BCUT2D eigenvalue weighted by Gasteiger charge is 2.34. The number of hydrogen-bond donors (Lipinski definition) is 2. The van der Waals surface area contributed by atoms with Crippen LogP contribution >= 0.6 is 28.1 Å². The zero-order chi connectivity index (χ0) is 24.1. The number of aromatic carboxylic acids is 1. The first kappa shape index (κ1) is 24.0. The number of carboxylic acids is 1. The first-order chi connectivity index (χ1) is 15.8. The number of carbonyl (C=O) groups excluding carboxylic acids is 2. The van der Waals surface area contributed by atoms with Crippen molar-refractivity contribution in [2.45, 2.75) is 6.92 Å². The van der Waals surface area contributed by atoms with Gasteiger partial charge in [-0.3, -0.25) is 19.8 Å². The summed E-state index contributed by atoms with van der Waals surface area (Å²) in [6.45, 7) is 2.17. The number of nitrogens with zero attached hydrogens (tertiary/aromatic N) is 1. The zero-order valence-corrected chi connectivity index (χ0v) is 19.7. The number of halogens is 1. The lowest BCUT2D eigenvalue weighted by Gasteiger charge is -2.29. The number of thiocarbonyl (C=S) groups is 1. The average molecular weight is 529 g/mol. The van der Waals surface area contributed by atoms with Gasteiger partial charge in [-0.1, -0.05) is 12.0 Å². The van der Waals surface area contributed by atoms with Crippen molar-refractivity contribution < 1.29 is 29.0 Å². The van der Waals surface area contributed by atoms with E-state index in [-0.39, 0.29) is 28.5 Å². The van der Waals surface area contributed by atoms with E-state index < -0.39 is 17.8 Å². The molecular formula is C23H17BrN2O6S. The molecule has 0 unspecified atom stereocenters. The molecule has 0 saturated carbocycles. The van der Waals surface area contributed by atoms with Gasteiger partial charge in [-0.05, 0) is 77.0 Å². The van der Waals surface area contributed by atoms with Gasteiger partial charge in [0.2, 0.25) is 0 Å². The number of carboxylic acid groups (broad SMARTS) is 1. The Morgan fingerprint density at radius 2 is 2.06 bits per heavy atom.